The van der Waals surface area contributed by atoms with E-state index in [1.807, 2.05) is 0 Å². The van der Waals surface area contributed by atoms with E-state index in [9.17, 15) is 5.11 Å². The second-order valence-corrected chi connectivity index (χ2v) is 4.66. The first kappa shape index (κ1) is 9.09. The van der Waals surface area contributed by atoms with Gasteiger partial charge in [0.1, 0.15) is 0 Å². The minimum atomic E-state index is -0.184. The van der Waals surface area contributed by atoms with E-state index in [4.69, 9.17) is 4.74 Å². The molecule has 4 nitrogen and oxygen atoms in total. The molecule has 0 aromatic rings. The molecule has 0 spiro atoms. The predicted molar refractivity (Wildman–Crippen MR) is 52.1 cm³/mol. The summed E-state index contributed by atoms with van der Waals surface area (Å²) in [5.41, 5.74) is 0. The molecule has 3 rings (SSSR count). The van der Waals surface area contributed by atoms with Gasteiger partial charge in [0.05, 0.1) is 25.4 Å². The number of aliphatic hydroxyl groups is 1. The van der Waals surface area contributed by atoms with Crippen LogP contribution in [-0.4, -0.2) is 60.5 Å². The number of morpholine rings is 1. The highest BCUT2D eigenvalue weighted by Gasteiger charge is 2.44. The molecule has 4 unspecified atom stereocenters. The third kappa shape index (κ3) is 1.29. The Balaban J connectivity index is 1.77. The Bertz CT molecular complexity index is 208. The van der Waals surface area contributed by atoms with Gasteiger partial charge in [0, 0.05) is 25.2 Å². The van der Waals surface area contributed by atoms with Crippen LogP contribution in [0, 0.1) is 0 Å². The molecule has 0 aromatic heterocycles. The number of nitrogens with one attached hydrogen (secondary N) is 1. The molecule has 14 heavy (non-hydrogen) atoms. The molecule has 0 aliphatic carbocycles. The van der Waals surface area contributed by atoms with Crippen LogP contribution in [0.25, 0.3) is 0 Å². The molecule has 0 saturated carbocycles. The van der Waals surface area contributed by atoms with E-state index in [-0.39, 0.29) is 6.10 Å². The van der Waals surface area contributed by atoms with Gasteiger partial charge in [0.25, 0.3) is 0 Å². The van der Waals surface area contributed by atoms with E-state index in [0.717, 1.165) is 26.3 Å². The third-order valence-corrected chi connectivity index (χ3v) is 3.83. The highest BCUT2D eigenvalue weighted by Crippen LogP contribution is 2.32. The lowest BCUT2D eigenvalue weighted by atomic mass is 10.1. The summed E-state index contributed by atoms with van der Waals surface area (Å²) in [6.45, 7) is 3.41. The standard InChI is InChI=1S/C10H18N2O2/c13-10-4-11-3-9(10)12-7-1-2-8(12)6-14-5-7/h7-11,13H,1-6H2. The number of rotatable bonds is 1. The second kappa shape index (κ2) is 3.45. The molecule has 2 N–H and O–H groups in total. The van der Waals surface area contributed by atoms with Crippen molar-refractivity contribution in [1.82, 2.24) is 10.2 Å². The summed E-state index contributed by atoms with van der Waals surface area (Å²) in [5, 5.41) is 13.1. The molecule has 4 heteroatoms. The number of fused-ring (bicyclic) bond motifs is 2. The van der Waals surface area contributed by atoms with Crippen LogP contribution in [0.2, 0.25) is 0 Å². The van der Waals surface area contributed by atoms with Gasteiger partial charge in [-0.1, -0.05) is 0 Å². The molecule has 3 aliphatic heterocycles. The molecule has 0 amide bonds. The minimum Gasteiger partial charge on any atom is -0.390 e. The van der Waals surface area contributed by atoms with Crippen LogP contribution in [0.1, 0.15) is 12.8 Å². The van der Waals surface area contributed by atoms with Gasteiger partial charge in [-0.3, -0.25) is 4.90 Å². The largest absolute Gasteiger partial charge is 0.390 e. The normalized spacial score (nSPS) is 48.6. The third-order valence-electron chi connectivity index (χ3n) is 3.83. The van der Waals surface area contributed by atoms with Gasteiger partial charge < -0.3 is 15.2 Å². The van der Waals surface area contributed by atoms with E-state index in [0.29, 0.717) is 18.1 Å². The molecule has 0 radical (unpaired) electrons. The Morgan fingerprint density at radius 3 is 2.43 bits per heavy atom. The maximum absolute atomic E-state index is 9.86. The van der Waals surface area contributed by atoms with Gasteiger partial charge >= 0.3 is 0 Å². The highest BCUT2D eigenvalue weighted by atomic mass is 16.5. The molecule has 4 atom stereocenters. The summed E-state index contributed by atoms with van der Waals surface area (Å²) in [4.78, 5) is 2.51. The zero-order valence-electron chi connectivity index (χ0n) is 8.35. The first-order valence-electron chi connectivity index (χ1n) is 5.60. The summed E-state index contributed by atoms with van der Waals surface area (Å²) in [7, 11) is 0. The lowest BCUT2D eigenvalue weighted by Gasteiger charge is -2.39. The van der Waals surface area contributed by atoms with Crippen LogP contribution in [0.4, 0.5) is 0 Å². The molecule has 3 saturated heterocycles. The van der Waals surface area contributed by atoms with Crippen LogP contribution in [0.3, 0.4) is 0 Å². The van der Waals surface area contributed by atoms with E-state index in [1.54, 1.807) is 0 Å². The van der Waals surface area contributed by atoms with Crippen molar-refractivity contribution in [2.24, 2.45) is 0 Å². The summed E-state index contributed by atoms with van der Waals surface area (Å²) in [6, 6.07) is 1.46. The smallest absolute Gasteiger partial charge is 0.0832 e. The van der Waals surface area contributed by atoms with Crippen molar-refractivity contribution in [3.63, 3.8) is 0 Å². The molecule has 2 bridgehead atoms. The molecule has 80 valence electrons. The molecule has 0 aromatic carbocycles. The first-order valence-corrected chi connectivity index (χ1v) is 5.60. The van der Waals surface area contributed by atoms with Gasteiger partial charge in [-0.05, 0) is 12.8 Å². The first-order chi connectivity index (χ1) is 6.86. The number of hydrogen-bond acceptors (Lipinski definition) is 4. The molecular formula is C10H18N2O2. The van der Waals surface area contributed by atoms with Crippen LogP contribution in [0.15, 0.2) is 0 Å². The summed E-state index contributed by atoms with van der Waals surface area (Å²) in [6.07, 6.45) is 2.30. The fourth-order valence-electron chi connectivity index (χ4n) is 3.16. The number of nitrogens with zero attached hydrogens (tertiary/aromatic N) is 1. The maximum Gasteiger partial charge on any atom is 0.0832 e. The van der Waals surface area contributed by atoms with Crippen LogP contribution >= 0.6 is 0 Å². The van der Waals surface area contributed by atoms with E-state index in [1.165, 1.54) is 12.8 Å². The molecule has 3 fully saturated rings. The molecular weight excluding hydrogens is 180 g/mol. The average Bonchev–Trinajstić information content (AvgIpc) is 2.67. The van der Waals surface area contributed by atoms with Crippen molar-refractivity contribution in [1.29, 1.82) is 0 Å². The lowest BCUT2D eigenvalue weighted by Crippen LogP contribution is -2.55. The SMILES string of the molecule is OC1CNCC1N1C2CCC1COC2. The van der Waals surface area contributed by atoms with E-state index in [2.05, 4.69) is 10.2 Å². The van der Waals surface area contributed by atoms with Crippen LogP contribution < -0.4 is 5.32 Å². The van der Waals surface area contributed by atoms with Gasteiger partial charge in [0.2, 0.25) is 0 Å². The van der Waals surface area contributed by atoms with E-state index >= 15 is 0 Å². The average molecular weight is 198 g/mol. The van der Waals surface area contributed by atoms with Crippen molar-refractivity contribution >= 4 is 0 Å². The van der Waals surface area contributed by atoms with Crippen LogP contribution in [-0.2, 0) is 4.74 Å². The van der Waals surface area contributed by atoms with Gasteiger partial charge in [-0.25, -0.2) is 0 Å². The summed E-state index contributed by atoms with van der Waals surface area (Å²) < 4.78 is 5.54. The summed E-state index contributed by atoms with van der Waals surface area (Å²) >= 11 is 0. The fourth-order valence-corrected chi connectivity index (χ4v) is 3.16. The Morgan fingerprint density at radius 1 is 1.14 bits per heavy atom. The highest BCUT2D eigenvalue weighted by molar-refractivity contribution is 5.00. The van der Waals surface area contributed by atoms with Crippen molar-refractivity contribution in [3.8, 4) is 0 Å². The number of β-amino-alcohol motifs (C(OH)–C–C–N with tert-alkyl or cyclic N) is 1. The fraction of sp³-hybridized carbons (Fsp3) is 1.00. The van der Waals surface area contributed by atoms with E-state index < -0.39 is 0 Å². The zero-order valence-corrected chi connectivity index (χ0v) is 8.35. The molecule has 3 aliphatic rings. The van der Waals surface area contributed by atoms with Crippen molar-refractivity contribution < 1.29 is 9.84 Å². The summed E-state index contributed by atoms with van der Waals surface area (Å²) in [5.74, 6) is 0. The Labute approximate surface area is 84.2 Å². The second-order valence-electron chi connectivity index (χ2n) is 4.66. The monoisotopic (exact) mass is 198 g/mol. The minimum absolute atomic E-state index is 0.184. The molecule has 3 heterocycles. The van der Waals surface area contributed by atoms with Gasteiger partial charge in [-0.15, -0.1) is 0 Å². The number of hydrogen-bond donors (Lipinski definition) is 2. The predicted octanol–water partition coefficient (Wildman–Crippen LogP) is -0.818. The topological polar surface area (TPSA) is 44.7 Å². The van der Waals surface area contributed by atoms with Gasteiger partial charge in [0.15, 0.2) is 0 Å². The Hall–Kier alpha value is -0.160. The number of aliphatic hydroxyl groups excluding tert-OH is 1. The lowest BCUT2D eigenvalue weighted by molar-refractivity contribution is -0.0533. The van der Waals surface area contributed by atoms with Crippen molar-refractivity contribution in [2.45, 2.75) is 37.1 Å². The zero-order chi connectivity index (χ0) is 9.54. The van der Waals surface area contributed by atoms with Crippen molar-refractivity contribution in [2.75, 3.05) is 26.3 Å². The Morgan fingerprint density at radius 2 is 1.86 bits per heavy atom. The van der Waals surface area contributed by atoms with Crippen molar-refractivity contribution in [3.05, 3.63) is 0 Å². The van der Waals surface area contributed by atoms with Gasteiger partial charge in [-0.2, -0.15) is 0 Å². The number of ether oxygens (including phenoxy) is 1. The van der Waals surface area contributed by atoms with Crippen LogP contribution in [0.5, 0.6) is 0 Å². The Kier molecular flexibility index (Phi) is 2.24. The maximum atomic E-state index is 9.86. The quantitative estimate of drug-likeness (QED) is 0.578.